The number of amides is 2. The number of primary amides is 1. The maximum atomic E-state index is 13.5. The molecule has 0 spiro atoms. The molecule has 1 unspecified atom stereocenters. The second kappa shape index (κ2) is 11.7. The van der Waals surface area contributed by atoms with Crippen molar-refractivity contribution in [3.63, 3.8) is 0 Å². The van der Waals surface area contributed by atoms with Gasteiger partial charge in [-0.3, -0.25) is 9.59 Å². The second-order valence-corrected chi connectivity index (χ2v) is 10.3. The normalized spacial score (nSPS) is 16.0. The van der Waals surface area contributed by atoms with Gasteiger partial charge in [-0.15, -0.1) is 0 Å². The van der Waals surface area contributed by atoms with Gasteiger partial charge in [0.25, 0.3) is 5.91 Å². The lowest BCUT2D eigenvalue weighted by atomic mass is 10.1. The summed E-state index contributed by atoms with van der Waals surface area (Å²) in [6.07, 6.45) is -0.356. The van der Waals surface area contributed by atoms with E-state index in [1.165, 1.54) is 0 Å². The van der Waals surface area contributed by atoms with E-state index in [2.05, 4.69) is 10.2 Å². The first-order valence-corrected chi connectivity index (χ1v) is 14.0. The molecular formula is C33H33N5O4. The Labute approximate surface area is 245 Å². The molecule has 42 heavy (non-hydrogen) atoms. The summed E-state index contributed by atoms with van der Waals surface area (Å²) in [5.74, 6) is 1.78. The molecule has 9 heteroatoms. The number of carbonyl (C=O) groups excluding carboxylic acids is 2. The van der Waals surface area contributed by atoms with Crippen LogP contribution in [0.5, 0.6) is 17.2 Å². The molecule has 2 aliphatic heterocycles. The smallest absolute Gasteiger partial charge is 0.254 e. The highest BCUT2D eigenvalue weighted by Crippen LogP contribution is 2.42. The fourth-order valence-electron chi connectivity index (χ4n) is 5.52. The molecule has 2 heterocycles. The Bertz CT molecular complexity index is 1570. The van der Waals surface area contributed by atoms with Crippen molar-refractivity contribution in [3.05, 3.63) is 108 Å². The average Bonchev–Trinajstić information content (AvgIpc) is 3.38. The molecule has 0 saturated carbocycles. The summed E-state index contributed by atoms with van der Waals surface area (Å²) >= 11 is 0. The molecule has 1 atom stereocenters. The Balaban J connectivity index is 1.17. The van der Waals surface area contributed by atoms with Crippen LogP contribution in [-0.4, -0.2) is 56.5 Å². The SMILES string of the molecule is COc1ccc(N2CCN(C(=O)c3ccc4c(c3)NC(c3cccc(Oc5ccccc5)c3)N4CC(N)=O)CC2)cc1. The van der Waals surface area contributed by atoms with Crippen LogP contribution in [0.3, 0.4) is 0 Å². The number of anilines is 3. The van der Waals surface area contributed by atoms with E-state index in [4.69, 9.17) is 15.2 Å². The molecule has 3 N–H and O–H groups in total. The molecule has 0 radical (unpaired) electrons. The minimum absolute atomic E-state index is 0.0165. The third kappa shape index (κ3) is 5.67. The van der Waals surface area contributed by atoms with Gasteiger partial charge in [0.05, 0.1) is 25.0 Å². The van der Waals surface area contributed by atoms with Gasteiger partial charge in [0.1, 0.15) is 23.4 Å². The van der Waals surface area contributed by atoms with Crippen molar-refractivity contribution >= 4 is 28.9 Å². The molecule has 0 aliphatic carbocycles. The standard InChI is InChI=1S/C33H33N5O4/c1-41-26-13-11-25(12-14-26)36-16-18-37(19-17-36)33(40)24-10-15-30-29(21-24)35-32(38(30)22-31(34)39)23-6-5-9-28(20-23)42-27-7-3-2-4-8-27/h2-15,20-21,32,35H,16-19,22H2,1H3,(H2,34,39). The lowest BCUT2D eigenvalue weighted by molar-refractivity contribution is -0.116. The third-order valence-corrected chi connectivity index (χ3v) is 7.64. The summed E-state index contributed by atoms with van der Waals surface area (Å²) in [4.78, 5) is 31.6. The van der Waals surface area contributed by atoms with Crippen LogP contribution in [0, 0.1) is 0 Å². The summed E-state index contributed by atoms with van der Waals surface area (Å²) < 4.78 is 11.3. The number of methoxy groups -OCH3 is 1. The predicted molar refractivity (Wildman–Crippen MR) is 163 cm³/mol. The van der Waals surface area contributed by atoms with Gasteiger partial charge in [-0.25, -0.2) is 0 Å². The number of fused-ring (bicyclic) bond motifs is 1. The Morgan fingerprint density at radius 3 is 2.29 bits per heavy atom. The Kier molecular flexibility index (Phi) is 7.55. The Hall–Kier alpha value is -5.18. The molecule has 0 aromatic heterocycles. The quantitative estimate of drug-likeness (QED) is 0.316. The van der Waals surface area contributed by atoms with Crippen molar-refractivity contribution < 1.29 is 19.1 Å². The summed E-state index contributed by atoms with van der Waals surface area (Å²) in [5, 5.41) is 3.51. The van der Waals surface area contributed by atoms with Gasteiger partial charge < -0.3 is 35.2 Å². The summed E-state index contributed by atoms with van der Waals surface area (Å²) in [7, 11) is 1.66. The van der Waals surface area contributed by atoms with Gasteiger partial charge in [0.15, 0.2) is 0 Å². The van der Waals surface area contributed by atoms with Crippen molar-refractivity contribution in [1.29, 1.82) is 0 Å². The van der Waals surface area contributed by atoms with E-state index in [9.17, 15) is 9.59 Å². The number of hydrogen-bond acceptors (Lipinski definition) is 7. The van der Waals surface area contributed by atoms with Crippen LogP contribution in [0.4, 0.5) is 17.1 Å². The molecule has 4 aromatic carbocycles. The van der Waals surface area contributed by atoms with Crippen molar-refractivity contribution in [2.45, 2.75) is 6.17 Å². The highest BCUT2D eigenvalue weighted by atomic mass is 16.5. The zero-order chi connectivity index (χ0) is 29.1. The highest BCUT2D eigenvalue weighted by Gasteiger charge is 2.32. The average molecular weight is 564 g/mol. The predicted octanol–water partition coefficient (Wildman–Crippen LogP) is 4.87. The second-order valence-electron chi connectivity index (χ2n) is 10.3. The van der Waals surface area contributed by atoms with Crippen LogP contribution in [0.1, 0.15) is 22.1 Å². The van der Waals surface area contributed by atoms with Gasteiger partial charge in [-0.05, 0) is 72.3 Å². The van der Waals surface area contributed by atoms with E-state index in [0.29, 0.717) is 24.4 Å². The minimum atomic E-state index is -0.443. The maximum Gasteiger partial charge on any atom is 0.254 e. The van der Waals surface area contributed by atoms with Gasteiger partial charge in [0, 0.05) is 37.4 Å². The first kappa shape index (κ1) is 27.0. The van der Waals surface area contributed by atoms with Gasteiger partial charge in [-0.1, -0.05) is 30.3 Å². The van der Waals surface area contributed by atoms with Crippen LogP contribution in [0.25, 0.3) is 0 Å². The number of nitrogens with one attached hydrogen (secondary N) is 1. The van der Waals surface area contributed by atoms with Crippen LogP contribution in [0.15, 0.2) is 97.1 Å². The molecular weight excluding hydrogens is 530 g/mol. The molecule has 6 rings (SSSR count). The van der Waals surface area contributed by atoms with Crippen molar-refractivity contribution in [1.82, 2.24) is 4.90 Å². The molecule has 2 aliphatic rings. The lowest BCUT2D eigenvalue weighted by Gasteiger charge is -2.36. The third-order valence-electron chi connectivity index (χ3n) is 7.64. The summed E-state index contributed by atoms with van der Waals surface area (Å²) in [6, 6.07) is 30.9. The highest BCUT2D eigenvalue weighted by molar-refractivity contribution is 5.97. The molecule has 4 aromatic rings. The Morgan fingerprint density at radius 2 is 1.57 bits per heavy atom. The van der Waals surface area contributed by atoms with E-state index in [0.717, 1.165) is 47.2 Å². The zero-order valence-electron chi connectivity index (χ0n) is 23.4. The number of para-hydroxylation sites is 1. The number of carbonyl (C=O) groups is 2. The van der Waals surface area contributed by atoms with Crippen molar-refractivity contribution in [2.75, 3.05) is 55.0 Å². The minimum Gasteiger partial charge on any atom is -0.497 e. The molecule has 214 valence electrons. The van der Waals surface area contributed by atoms with Crippen LogP contribution in [-0.2, 0) is 4.79 Å². The monoisotopic (exact) mass is 563 g/mol. The largest absolute Gasteiger partial charge is 0.497 e. The van der Waals surface area contributed by atoms with Gasteiger partial charge >= 0.3 is 0 Å². The maximum absolute atomic E-state index is 13.5. The van der Waals surface area contributed by atoms with E-state index in [-0.39, 0.29) is 18.6 Å². The van der Waals surface area contributed by atoms with Crippen LogP contribution in [0.2, 0.25) is 0 Å². The van der Waals surface area contributed by atoms with E-state index in [1.54, 1.807) is 7.11 Å². The van der Waals surface area contributed by atoms with Crippen LogP contribution >= 0.6 is 0 Å². The van der Waals surface area contributed by atoms with Crippen molar-refractivity contribution in [2.24, 2.45) is 5.73 Å². The van der Waals surface area contributed by atoms with E-state index >= 15 is 0 Å². The van der Waals surface area contributed by atoms with Gasteiger partial charge in [0.2, 0.25) is 5.91 Å². The fourth-order valence-corrected chi connectivity index (χ4v) is 5.52. The molecule has 0 bridgehead atoms. The molecule has 2 amide bonds. The van der Waals surface area contributed by atoms with Gasteiger partial charge in [-0.2, -0.15) is 0 Å². The van der Waals surface area contributed by atoms with Crippen LogP contribution < -0.4 is 30.3 Å². The first-order chi connectivity index (χ1) is 20.5. The molecule has 9 nitrogen and oxygen atoms in total. The lowest BCUT2D eigenvalue weighted by Crippen LogP contribution is -2.48. The summed E-state index contributed by atoms with van der Waals surface area (Å²) in [6.45, 7) is 2.77. The number of ether oxygens (including phenoxy) is 2. The number of hydrogen-bond donors (Lipinski definition) is 2. The molecule has 1 fully saturated rings. The van der Waals surface area contributed by atoms with E-state index in [1.807, 2.05) is 107 Å². The van der Waals surface area contributed by atoms with E-state index < -0.39 is 5.91 Å². The number of nitrogens with zero attached hydrogens (tertiary/aromatic N) is 3. The number of benzene rings is 4. The number of nitrogens with two attached hydrogens (primary N) is 1. The molecule has 1 saturated heterocycles. The summed E-state index contributed by atoms with van der Waals surface area (Å²) in [5.41, 5.74) is 9.85. The topological polar surface area (TPSA) is 100 Å². The first-order valence-electron chi connectivity index (χ1n) is 14.0. The van der Waals surface area contributed by atoms with Crippen molar-refractivity contribution in [3.8, 4) is 17.2 Å². The Morgan fingerprint density at radius 1 is 0.833 bits per heavy atom. The zero-order valence-corrected chi connectivity index (χ0v) is 23.4. The number of piperazine rings is 1. The fraction of sp³-hybridized carbons (Fsp3) is 0.212. The number of rotatable bonds is 8.